The summed E-state index contributed by atoms with van der Waals surface area (Å²) < 4.78 is 32.9. The molecule has 1 atom stereocenters. The number of hydrogen-bond donors (Lipinski definition) is 1. The molecule has 0 aromatic carbocycles. The van der Waals surface area contributed by atoms with Crippen molar-refractivity contribution < 1.29 is 13.2 Å². The van der Waals surface area contributed by atoms with Crippen LogP contribution in [0.1, 0.15) is 17.7 Å². The second-order valence-electron chi connectivity index (χ2n) is 4.74. The Morgan fingerprint density at radius 3 is 3.00 bits per heavy atom. The van der Waals surface area contributed by atoms with Crippen molar-refractivity contribution in [3.05, 3.63) is 14.7 Å². The van der Waals surface area contributed by atoms with Crippen LogP contribution in [-0.2, 0) is 21.3 Å². The highest BCUT2D eigenvalue weighted by Crippen LogP contribution is 2.34. The Morgan fingerprint density at radius 2 is 2.35 bits per heavy atom. The van der Waals surface area contributed by atoms with Gasteiger partial charge in [-0.25, -0.2) is 8.42 Å². The van der Waals surface area contributed by atoms with Crippen molar-refractivity contribution in [3.8, 4) is 0 Å². The van der Waals surface area contributed by atoms with Crippen molar-refractivity contribution in [1.82, 2.24) is 9.62 Å². The third-order valence-corrected chi connectivity index (χ3v) is 7.47. The molecule has 1 N–H and O–H groups in total. The van der Waals surface area contributed by atoms with E-state index in [1.54, 1.807) is 13.2 Å². The molecule has 2 rings (SSSR count). The summed E-state index contributed by atoms with van der Waals surface area (Å²) in [7, 11) is 0.0300. The third-order valence-electron chi connectivity index (χ3n) is 3.35. The van der Waals surface area contributed by atoms with Gasteiger partial charge in [0.1, 0.15) is 4.90 Å². The minimum absolute atomic E-state index is 0.00675. The van der Waals surface area contributed by atoms with Crippen molar-refractivity contribution in [2.45, 2.75) is 30.4 Å². The molecule has 5 nitrogen and oxygen atoms in total. The first kappa shape index (κ1) is 16.4. The molecular formula is C12H19BrN2O3S2. The lowest BCUT2D eigenvalue weighted by molar-refractivity contribution is 0.0572. The van der Waals surface area contributed by atoms with Crippen LogP contribution in [-0.4, -0.2) is 46.1 Å². The minimum atomic E-state index is -3.44. The van der Waals surface area contributed by atoms with E-state index >= 15 is 0 Å². The van der Waals surface area contributed by atoms with Crippen LogP contribution in [0.25, 0.3) is 0 Å². The summed E-state index contributed by atoms with van der Waals surface area (Å²) in [5, 5.41) is 3.03. The molecule has 1 aliphatic rings. The van der Waals surface area contributed by atoms with E-state index in [0.717, 1.165) is 17.7 Å². The minimum Gasteiger partial charge on any atom is -0.380 e. The number of piperidine rings is 1. The Kier molecular flexibility index (Phi) is 5.61. The van der Waals surface area contributed by atoms with Crippen molar-refractivity contribution in [2.24, 2.45) is 0 Å². The van der Waals surface area contributed by atoms with Gasteiger partial charge in [0.05, 0.1) is 9.89 Å². The van der Waals surface area contributed by atoms with Gasteiger partial charge in [-0.1, -0.05) is 0 Å². The molecule has 0 saturated carbocycles. The van der Waals surface area contributed by atoms with Crippen molar-refractivity contribution in [3.63, 3.8) is 0 Å². The van der Waals surface area contributed by atoms with Crippen LogP contribution < -0.4 is 5.32 Å². The molecule has 1 aliphatic heterocycles. The van der Waals surface area contributed by atoms with E-state index in [2.05, 4.69) is 21.2 Å². The number of nitrogens with zero attached hydrogens (tertiary/aromatic N) is 1. The lowest BCUT2D eigenvalue weighted by Crippen LogP contribution is -2.42. The lowest BCUT2D eigenvalue weighted by Gasteiger charge is -2.30. The van der Waals surface area contributed by atoms with Gasteiger partial charge in [-0.2, -0.15) is 4.31 Å². The smallest absolute Gasteiger partial charge is 0.245 e. The van der Waals surface area contributed by atoms with Crippen LogP contribution in [0, 0.1) is 0 Å². The zero-order valence-electron chi connectivity index (χ0n) is 11.6. The lowest BCUT2D eigenvalue weighted by atomic mass is 10.1. The Balaban J connectivity index is 2.25. The van der Waals surface area contributed by atoms with E-state index in [1.165, 1.54) is 15.6 Å². The summed E-state index contributed by atoms with van der Waals surface area (Å²) in [6, 6.07) is 1.75. The Hall–Kier alpha value is 0.01000. The molecule has 1 aromatic rings. The highest BCUT2D eigenvalue weighted by atomic mass is 79.9. The third kappa shape index (κ3) is 3.42. The van der Waals surface area contributed by atoms with E-state index in [4.69, 9.17) is 4.74 Å². The zero-order valence-corrected chi connectivity index (χ0v) is 14.8. The summed E-state index contributed by atoms with van der Waals surface area (Å²) in [6.07, 6.45) is 1.74. The van der Waals surface area contributed by atoms with Crippen molar-refractivity contribution in [2.75, 3.05) is 27.2 Å². The molecule has 0 amide bonds. The first-order valence-corrected chi connectivity index (χ1v) is 9.49. The number of rotatable bonds is 5. The van der Waals surface area contributed by atoms with Crippen LogP contribution in [0.3, 0.4) is 0 Å². The van der Waals surface area contributed by atoms with Crippen molar-refractivity contribution in [1.29, 1.82) is 0 Å². The fourth-order valence-electron chi connectivity index (χ4n) is 2.29. The maximum atomic E-state index is 12.7. The van der Waals surface area contributed by atoms with Gasteiger partial charge < -0.3 is 10.1 Å². The molecule has 8 heteroatoms. The topological polar surface area (TPSA) is 58.6 Å². The maximum Gasteiger partial charge on any atom is 0.245 e. The fraction of sp³-hybridized carbons (Fsp3) is 0.667. The van der Waals surface area contributed by atoms with Crippen LogP contribution in [0.2, 0.25) is 0 Å². The van der Waals surface area contributed by atoms with Crippen LogP contribution in [0.15, 0.2) is 14.7 Å². The van der Waals surface area contributed by atoms with Crippen LogP contribution in [0.5, 0.6) is 0 Å². The van der Waals surface area contributed by atoms with Crippen LogP contribution >= 0.6 is 27.3 Å². The van der Waals surface area contributed by atoms with Gasteiger partial charge >= 0.3 is 0 Å². The molecule has 0 spiro atoms. The molecule has 1 unspecified atom stereocenters. The number of nitrogens with one attached hydrogen (secondary N) is 1. The number of hydrogen-bond acceptors (Lipinski definition) is 5. The number of thiophene rings is 1. The van der Waals surface area contributed by atoms with Gasteiger partial charge in [0.2, 0.25) is 10.0 Å². The first-order valence-electron chi connectivity index (χ1n) is 6.44. The van der Waals surface area contributed by atoms with Gasteiger partial charge in [-0.3, -0.25) is 0 Å². The second-order valence-corrected chi connectivity index (χ2v) is 9.10. The normalized spacial score (nSPS) is 21.2. The first-order chi connectivity index (χ1) is 9.48. The molecule has 1 saturated heterocycles. The summed E-state index contributed by atoms with van der Waals surface area (Å²) in [5.74, 6) is 0. The molecule has 0 aliphatic carbocycles. The zero-order chi connectivity index (χ0) is 14.8. The number of ether oxygens (including phenoxy) is 1. The molecule has 0 bridgehead atoms. The average Bonchev–Trinajstić information content (AvgIpc) is 2.81. The summed E-state index contributed by atoms with van der Waals surface area (Å²) in [5.41, 5.74) is 0. The number of sulfonamides is 1. The molecule has 20 heavy (non-hydrogen) atoms. The van der Waals surface area contributed by atoms with Gasteiger partial charge in [0, 0.05) is 31.6 Å². The Bertz CT molecular complexity index is 559. The summed E-state index contributed by atoms with van der Waals surface area (Å²) >= 11 is 4.83. The highest BCUT2D eigenvalue weighted by molar-refractivity contribution is 9.11. The Morgan fingerprint density at radius 1 is 1.60 bits per heavy atom. The van der Waals surface area contributed by atoms with E-state index in [-0.39, 0.29) is 6.10 Å². The van der Waals surface area contributed by atoms with E-state index in [1.807, 2.05) is 7.05 Å². The van der Waals surface area contributed by atoms with Crippen molar-refractivity contribution >= 4 is 37.3 Å². The Labute approximate surface area is 132 Å². The van der Waals surface area contributed by atoms with E-state index in [0.29, 0.717) is 28.3 Å². The summed E-state index contributed by atoms with van der Waals surface area (Å²) in [6.45, 7) is 1.66. The highest BCUT2D eigenvalue weighted by Gasteiger charge is 2.32. The fourth-order valence-corrected chi connectivity index (χ4v) is 6.44. The maximum absolute atomic E-state index is 12.7. The van der Waals surface area contributed by atoms with Gasteiger partial charge in [0.25, 0.3) is 0 Å². The van der Waals surface area contributed by atoms with Gasteiger partial charge in [-0.05, 0) is 41.9 Å². The van der Waals surface area contributed by atoms with E-state index in [9.17, 15) is 8.42 Å². The standard InChI is InChI=1S/C12H19BrN2O3S2/c1-14-7-10-6-11(12(13)19-10)20(16,17)15-5-3-4-9(8-15)18-2/h6,9,14H,3-5,7-8H2,1-2H3. The SMILES string of the molecule is CNCc1cc(S(=O)(=O)N2CCCC(OC)C2)c(Br)s1. The molecule has 2 heterocycles. The molecule has 1 fully saturated rings. The molecule has 0 radical (unpaired) electrons. The van der Waals surface area contributed by atoms with Gasteiger partial charge in [0.15, 0.2) is 0 Å². The predicted octanol–water partition coefficient (Wildman–Crippen LogP) is 2.03. The summed E-state index contributed by atoms with van der Waals surface area (Å²) in [4.78, 5) is 1.36. The largest absolute Gasteiger partial charge is 0.380 e. The van der Waals surface area contributed by atoms with Gasteiger partial charge in [-0.15, -0.1) is 11.3 Å². The average molecular weight is 383 g/mol. The van der Waals surface area contributed by atoms with E-state index < -0.39 is 10.0 Å². The number of halogens is 1. The van der Waals surface area contributed by atoms with Crippen LogP contribution in [0.4, 0.5) is 0 Å². The molecule has 114 valence electrons. The molecule has 1 aromatic heterocycles. The predicted molar refractivity (Wildman–Crippen MR) is 83.6 cm³/mol. The monoisotopic (exact) mass is 382 g/mol. The molecular weight excluding hydrogens is 364 g/mol. The second kappa shape index (κ2) is 6.85. The quantitative estimate of drug-likeness (QED) is 0.846. The number of methoxy groups -OCH3 is 1.